The van der Waals surface area contributed by atoms with Crippen molar-refractivity contribution in [3.63, 3.8) is 0 Å². The van der Waals surface area contributed by atoms with Crippen molar-refractivity contribution in [3.8, 4) is 0 Å². The van der Waals surface area contributed by atoms with Gasteiger partial charge in [-0.05, 0) is 45.5 Å². The summed E-state index contributed by atoms with van der Waals surface area (Å²) in [6.45, 7) is 1.26. The number of benzene rings is 1. The lowest BCUT2D eigenvalue weighted by Gasteiger charge is -2.08. The lowest BCUT2D eigenvalue weighted by Crippen LogP contribution is -2.12. The summed E-state index contributed by atoms with van der Waals surface area (Å²) in [5.74, 6) is 0. The van der Waals surface area contributed by atoms with Gasteiger partial charge in [0, 0.05) is 0 Å². The summed E-state index contributed by atoms with van der Waals surface area (Å²) in [4.78, 5) is 2.29. The maximum atomic E-state index is 2.29. The van der Waals surface area contributed by atoms with Gasteiger partial charge < -0.3 is 4.90 Å². The molecule has 0 N–H and O–H groups in total. The molecule has 0 aliphatic rings. The second-order valence-corrected chi connectivity index (χ2v) is 7.64. The Morgan fingerprint density at radius 1 is 0.542 bits per heavy atom. The smallest absolute Gasteiger partial charge is 0.00248 e. The quantitative estimate of drug-likeness (QED) is 0.299. The van der Waals surface area contributed by atoms with Crippen LogP contribution in [0.2, 0.25) is 0 Å². The molecule has 1 aromatic rings. The van der Waals surface area contributed by atoms with Gasteiger partial charge in [0.25, 0.3) is 0 Å². The molecule has 0 spiro atoms. The van der Waals surface area contributed by atoms with Crippen molar-refractivity contribution in [2.45, 2.75) is 89.9 Å². The standard InChI is InChI=1S/C23H41N/c1-24(2)22-18-13-11-9-7-5-3-4-6-8-10-12-15-19-23-20-16-14-17-21-23/h14,16-17,20-21H,3-13,15,18-19,22H2,1-2H3. The molecule has 0 saturated carbocycles. The minimum Gasteiger partial charge on any atom is -0.309 e. The molecule has 0 radical (unpaired) electrons. The van der Waals surface area contributed by atoms with E-state index in [0.29, 0.717) is 0 Å². The zero-order valence-corrected chi connectivity index (χ0v) is 16.4. The lowest BCUT2D eigenvalue weighted by atomic mass is 10.0. The Bertz CT molecular complexity index is 358. The Hall–Kier alpha value is -0.820. The van der Waals surface area contributed by atoms with Gasteiger partial charge in [0.15, 0.2) is 0 Å². The zero-order chi connectivity index (χ0) is 17.3. The highest BCUT2D eigenvalue weighted by Crippen LogP contribution is 2.13. The molecular weight excluding hydrogens is 290 g/mol. The molecule has 0 aliphatic carbocycles. The van der Waals surface area contributed by atoms with Gasteiger partial charge in [-0.1, -0.05) is 101 Å². The summed E-state index contributed by atoms with van der Waals surface area (Å²) in [7, 11) is 4.34. The van der Waals surface area contributed by atoms with Crippen LogP contribution in [-0.4, -0.2) is 25.5 Å². The van der Waals surface area contributed by atoms with Crippen molar-refractivity contribution in [2.24, 2.45) is 0 Å². The van der Waals surface area contributed by atoms with E-state index in [1.54, 1.807) is 0 Å². The fourth-order valence-electron chi connectivity index (χ4n) is 3.35. The van der Waals surface area contributed by atoms with Crippen LogP contribution in [-0.2, 0) is 6.42 Å². The third-order valence-electron chi connectivity index (χ3n) is 4.91. The molecule has 1 nitrogen and oxygen atoms in total. The molecule has 0 aromatic heterocycles. The molecule has 1 aromatic carbocycles. The molecule has 0 saturated heterocycles. The Morgan fingerprint density at radius 3 is 1.42 bits per heavy atom. The van der Waals surface area contributed by atoms with Gasteiger partial charge in [-0.2, -0.15) is 0 Å². The minimum absolute atomic E-state index is 1.26. The number of rotatable bonds is 16. The van der Waals surface area contributed by atoms with Crippen LogP contribution in [0.1, 0.15) is 89.0 Å². The van der Waals surface area contributed by atoms with E-state index in [1.807, 2.05) is 0 Å². The average Bonchev–Trinajstić information content (AvgIpc) is 2.59. The largest absolute Gasteiger partial charge is 0.309 e. The highest BCUT2D eigenvalue weighted by Gasteiger charge is 1.96. The van der Waals surface area contributed by atoms with Crippen molar-refractivity contribution >= 4 is 0 Å². The van der Waals surface area contributed by atoms with Crippen LogP contribution in [0.25, 0.3) is 0 Å². The second kappa shape index (κ2) is 15.7. The molecule has 0 atom stereocenters. The van der Waals surface area contributed by atoms with E-state index in [2.05, 4.69) is 49.3 Å². The topological polar surface area (TPSA) is 3.24 Å². The number of aryl methyl sites for hydroxylation is 1. The molecule has 0 bridgehead atoms. The van der Waals surface area contributed by atoms with Gasteiger partial charge in [0.1, 0.15) is 0 Å². The predicted molar refractivity (Wildman–Crippen MR) is 109 cm³/mol. The maximum absolute atomic E-state index is 2.29. The van der Waals surface area contributed by atoms with Gasteiger partial charge >= 0.3 is 0 Å². The summed E-state index contributed by atoms with van der Waals surface area (Å²) >= 11 is 0. The monoisotopic (exact) mass is 331 g/mol. The summed E-state index contributed by atoms with van der Waals surface area (Å²) in [5.41, 5.74) is 1.50. The van der Waals surface area contributed by atoms with Gasteiger partial charge in [-0.15, -0.1) is 0 Å². The van der Waals surface area contributed by atoms with Crippen molar-refractivity contribution in [3.05, 3.63) is 35.9 Å². The first kappa shape index (κ1) is 21.2. The summed E-state index contributed by atoms with van der Waals surface area (Å²) in [5, 5.41) is 0. The van der Waals surface area contributed by atoms with Crippen molar-refractivity contribution in [1.82, 2.24) is 4.90 Å². The van der Waals surface area contributed by atoms with Gasteiger partial charge in [-0.3, -0.25) is 0 Å². The normalized spacial score (nSPS) is 11.3. The van der Waals surface area contributed by atoms with Gasteiger partial charge in [0.05, 0.1) is 0 Å². The molecule has 24 heavy (non-hydrogen) atoms. The molecule has 0 heterocycles. The molecular formula is C23H41N. The third-order valence-corrected chi connectivity index (χ3v) is 4.91. The molecule has 1 heteroatoms. The molecule has 138 valence electrons. The van der Waals surface area contributed by atoms with Crippen LogP contribution in [0.3, 0.4) is 0 Å². The SMILES string of the molecule is CN(C)CCCCCCCCCCCCCCCc1ccccc1. The highest BCUT2D eigenvalue weighted by atomic mass is 15.0. The van der Waals surface area contributed by atoms with Crippen LogP contribution in [0, 0.1) is 0 Å². The first-order valence-electron chi connectivity index (χ1n) is 10.5. The number of nitrogens with zero attached hydrogens (tertiary/aromatic N) is 1. The zero-order valence-electron chi connectivity index (χ0n) is 16.4. The maximum Gasteiger partial charge on any atom is -0.00248 e. The molecule has 0 amide bonds. The van der Waals surface area contributed by atoms with Crippen molar-refractivity contribution < 1.29 is 0 Å². The molecule has 0 aliphatic heterocycles. The molecule has 0 fully saturated rings. The van der Waals surface area contributed by atoms with E-state index in [1.165, 1.54) is 102 Å². The Balaban J connectivity index is 1.72. The summed E-state index contributed by atoms with van der Waals surface area (Å²) in [6, 6.07) is 10.9. The van der Waals surface area contributed by atoms with E-state index in [9.17, 15) is 0 Å². The van der Waals surface area contributed by atoms with Crippen molar-refractivity contribution in [2.75, 3.05) is 20.6 Å². The second-order valence-electron chi connectivity index (χ2n) is 7.64. The summed E-state index contributed by atoms with van der Waals surface area (Å²) in [6.07, 6.45) is 19.9. The van der Waals surface area contributed by atoms with E-state index < -0.39 is 0 Å². The average molecular weight is 332 g/mol. The van der Waals surface area contributed by atoms with Crippen LogP contribution in [0.5, 0.6) is 0 Å². The number of hydrogen-bond acceptors (Lipinski definition) is 1. The van der Waals surface area contributed by atoms with Crippen LogP contribution in [0.4, 0.5) is 0 Å². The summed E-state index contributed by atoms with van der Waals surface area (Å²) < 4.78 is 0. The van der Waals surface area contributed by atoms with Crippen LogP contribution < -0.4 is 0 Å². The predicted octanol–water partition coefficient (Wildman–Crippen LogP) is 6.86. The minimum atomic E-state index is 1.26. The van der Waals surface area contributed by atoms with E-state index in [-0.39, 0.29) is 0 Å². The third kappa shape index (κ3) is 13.6. The van der Waals surface area contributed by atoms with Crippen LogP contribution in [0.15, 0.2) is 30.3 Å². The molecule has 0 unspecified atom stereocenters. The fraction of sp³-hybridized carbons (Fsp3) is 0.739. The number of unbranched alkanes of at least 4 members (excludes halogenated alkanes) is 12. The van der Waals surface area contributed by atoms with E-state index >= 15 is 0 Å². The van der Waals surface area contributed by atoms with Gasteiger partial charge in [0.2, 0.25) is 0 Å². The molecule has 1 rings (SSSR count). The van der Waals surface area contributed by atoms with Crippen LogP contribution >= 0.6 is 0 Å². The van der Waals surface area contributed by atoms with E-state index in [0.717, 1.165) is 0 Å². The van der Waals surface area contributed by atoms with E-state index in [4.69, 9.17) is 0 Å². The van der Waals surface area contributed by atoms with Crippen molar-refractivity contribution in [1.29, 1.82) is 0 Å². The Kier molecular flexibility index (Phi) is 13.9. The first-order chi connectivity index (χ1) is 11.8. The fourth-order valence-corrected chi connectivity index (χ4v) is 3.35. The Morgan fingerprint density at radius 2 is 0.958 bits per heavy atom. The van der Waals surface area contributed by atoms with Gasteiger partial charge in [-0.25, -0.2) is 0 Å². The number of hydrogen-bond donors (Lipinski definition) is 0. The first-order valence-corrected chi connectivity index (χ1v) is 10.5. The highest BCUT2D eigenvalue weighted by molar-refractivity contribution is 5.14. The Labute approximate surface area is 151 Å². The lowest BCUT2D eigenvalue weighted by molar-refractivity contribution is 0.389.